The van der Waals surface area contributed by atoms with E-state index >= 15 is 0 Å². The molecular weight excluding hydrogens is 423 g/mol. The molecule has 0 atom stereocenters. The van der Waals surface area contributed by atoms with Crippen molar-refractivity contribution in [2.45, 2.75) is 18.2 Å². The summed E-state index contributed by atoms with van der Waals surface area (Å²) < 4.78 is 0.707. The molecule has 27 heavy (non-hydrogen) atoms. The predicted molar refractivity (Wildman–Crippen MR) is 115 cm³/mol. The van der Waals surface area contributed by atoms with Gasteiger partial charge in [-0.15, -0.1) is 10.2 Å². The van der Waals surface area contributed by atoms with E-state index in [1.165, 1.54) is 34.2 Å². The fourth-order valence-electron chi connectivity index (χ4n) is 2.17. The number of carbonyl (C=O) groups is 1. The van der Waals surface area contributed by atoms with Gasteiger partial charge in [0, 0.05) is 10.7 Å². The molecule has 0 bridgehead atoms. The van der Waals surface area contributed by atoms with Gasteiger partial charge in [0.05, 0.1) is 16.5 Å². The Labute approximate surface area is 175 Å². The molecule has 1 aromatic heterocycles. The molecule has 5 nitrogen and oxygen atoms in total. The third kappa shape index (κ3) is 5.59. The van der Waals surface area contributed by atoms with Gasteiger partial charge in [0.25, 0.3) is 0 Å². The van der Waals surface area contributed by atoms with Crippen LogP contribution in [-0.2, 0) is 4.79 Å². The third-order valence-electron chi connectivity index (χ3n) is 3.70. The summed E-state index contributed by atoms with van der Waals surface area (Å²) in [6.07, 6.45) is 0. The summed E-state index contributed by atoms with van der Waals surface area (Å²) in [5.41, 5.74) is 3.93. The third-order valence-corrected chi connectivity index (χ3v) is 6.22. The highest BCUT2D eigenvalue weighted by atomic mass is 35.5. The summed E-state index contributed by atoms with van der Waals surface area (Å²) in [5, 5.41) is 15.8. The Morgan fingerprint density at radius 1 is 1.11 bits per heavy atom. The van der Waals surface area contributed by atoms with Gasteiger partial charge in [0.15, 0.2) is 4.34 Å². The van der Waals surface area contributed by atoms with E-state index in [1.54, 1.807) is 18.2 Å². The number of hydrogen-bond acceptors (Lipinski definition) is 6. The zero-order chi connectivity index (χ0) is 19.4. The summed E-state index contributed by atoms with van der Waals surface area (Å²) >= 11 is 14.6. The minimum Gasteiger partial charge on any atom is -0.330 e. The van der Waals surface area contributed by atoms with Crippen molar-refractivity contribution in [1.82, 2.24) is 10.2 Å². The van der Waals surface area contributed by atoms with E-state index in [4.69, 9.17) is 23.2 Å². The molecule has 0 fully saturated rings. The molecule has 9 heteroatoms. The smallest absolute Gasteiger partial charge is 0.234 e. The fraction of sp³-hybridized carbons (Fsp3) is 0.167. The summed E-state index contributed by atoms with van der Waals surface area (Å²) in [6.45, 7) is 4.13. The number of rotatable bonds is 6. The van der Waals surface area contributed by atoms with Crippen molar-refractivity contribution in [3.8, 4) is 0 Å². The maximum absolute atomic E-state index is 12.1. The van der Waals surface area contributed by atoms with Crippen LogP contribution in [0.4, 0.5) is 16.5 Å². The normalized spacial score (nSPS) is 10.7. The topological polar surface area (TPSA) is 66.9 Å². The Balaban J connectivity index is 1.54. The molecule has 0 unspecified atom stereocenters. The Morgan fingerprint density at radius 2 is 1.93 bits per heavy atom. The monoisotopic (exact) mass is 438 g/mol. The Bertz CT molecular complexity index is 978. The lowest BCUT2D eigenvalue weighted by Crippen LogP contribution is -2.14. The molecular formula is C18H16Cl2N4OS2. The number of nitrogens with zero attached hydrogens (tertiary/aromatic N) is 2. The zero-order valence-electron chi connectivity index (χ0n) is 14.5. The molecule has 0 saturated heterocycles. The van der Waals surface area contributed by atoms with E-state index in [0.717, 1.165) is 5.69 Å². The first-order valence-electron chi connectivity index (χ1n) is 7.96. The van der Waals surface area contributed by atoms with Gasteiger partial charge in [-0.1, -0.05) is 52.4 Å². The van der Waals surface area contributed by atoms with E-state index in [1.807, 2.05) is 6.07 Å². The van der Waals surface area contributed by atoms with Gasteiger partial charge in [0.2, 0.25) is 11.0 Å². The average Bonchev–Trinajstić information content (AvgIpc) is 3.06. The van der Waals surface area contributed by atoms with Crippen molar-refractivity contribution >= 4 is 68.7 Å². The number of nitrogens with one attached hydrogen (secondary N) is 2. The largest absolute Gasteiger partial charge is 0.330 e. The maximum atomic E-state index is 12.1. The van der Waals surface area contributed by atoms with Crippen LogP contribution in [0.3, 0.4) is 0 Å². The molecule has 2 aromatic carbocycles. The Morgan fingerprint density at radius 3 is 2.67 bits per heavy atom. The molecule has 0 aliphatic rings. The number of aryl methyl sites for hydroxylation is 2. The minimum atomic E-state index is -0.178. The van der Waals surface area contributed by atoms with Crippen LogP contribution in [0.25, 0.3) is 0 Å². The van der Waals surface area contributed by atoms with Crippen molar-refractivity contribution in [3.63, 3.8) is 0 Å². The van der Waals surface area contributed by atoms with Crippen LogP contribution in [0.1, 0.15) is 11.1 Å². The molecule has 0 spiro atoms. The SMILES string of the molecule is Cc1ccc(Nc2nnc(SCC(=O)Nc3ccc(Cl)cc3Cl)s2)cc1C. The van der Waals surface area contributed by atoms with Gasteiger partial charge in [-0.05, 0) is 55.3 Å². The highest BCUT2D eigenvalue weighted by Gasteiger charge is 2.10. The Kier molecular flexibility index (Phi) is 6.59. The Hall–Kier alpha value is -1.80. The number of benzene rings is 2. The number of halogens is 2. The van der Waals surface area contributed by atoms with Crippen LogP contribution in [0.15, 0.2) is 40.7 Å². The van der Waals surface area contributed by atoms with E-state index in [9.17, 15) is 4.79 Å². The minimum absolute atomic E-state index is 0.178. The summed E-state index contributed by atoms with van der Waals surface area (Å²) in [7, 11) is 0. The second kappa shape index (κ2) is 8.93. The van der Waals surface area contributed by atoms with E-state index in [0.29, 0.717) is 25.2 Å². The highest BCUT2D eigenvalue weighted by molar-refractivity contribution is 8.01. The quantitative estimate of drug-likeness (QED) is 0.466. The van der Waals surface area contributed by atoms with Crippen molar-refractivity contribution < 1.29 is 4.79 Å². The highest BCUT2D eigenvalue weighted by Crippen LogP contribution is 2.29. The number of carbonyl (C=O) groups excluding carboxylic acids is 1. The van der Waals surface area contributed by atoms with Crippen LogP contribution < -0.4 is 10.6 Å². The van der Waals surface area contributed by atoms with Crippen molar-refractivity contribution in [2.75, 3.05) is 16.4 Å². The zero-order valence-corrected chi connectivity index (χ0v) is 17.7. The van der Waals surface area contributed by atoms with Crippen molar-refractivity contribution in [3.05, 3.63) is 57.6 Å². The summed E-state index contributed by atoms with van der Waals surface area (Å²) in [4.78, 5) is 12.1. The molecule has 3 aromatic rings. The summed E-state index contributed by atoms with van der Waals surface area (Å²) in [6, 6.07) is 11.0. The molecule has 0 aliphatic carbocycles. The summed E-state index contributed by atoms with van der Waals surface area (Å²) in [5.74, 6) is 0.0279. The van der Waals surface area contributed by atoms with Crippen molar-refractivity contribution in [2.24, 2.45) is 0 Å². The number of hydrogen-bond donors (Lipinski definition) is 2. The molecule has 1 amide bonds. The number of thioether (sulfide) groups is 1. The van der Waals surface area contributed by atoms with Gasteiger partial charge in [-0.25, -0.2) is 0 Å². The molecule has 0 aliphatic heterocycles. The molecule has 0 saturated carbocycles. The molecule has 3 rings (SSSR count). The second-order valence-corrected chi connectivity index (χ2v) is 8.80. The number of amides is 1. The lowest BCUT2D eigenvalue weighted by atomic mass is 10.1. The first-order valence-corrected chi connectivity index (χ1v) is 10.5. The molecule has 1 heterocycles. The first-order chi connectivity index (χ1) is 12.9. The van der Waals surface area contributed by atoms with Gasteiger partial charge in [-0.3, -0.25) is 4.79 Å². The van der Waals surface area contributed by atoms with Crippen LogP contribution in [0.5, 0.6) is 0 Å². The predicted octanol–water partition coefficient (Wildman–Crippen LogP) is 5.94. The van der Waals surface area contributed by atoms with Gasteiger partial charge < -0.3 is 10.6 Å². The maximum Gasteiger partial charge on any atom is 0.234 e. The molecule has 2 N–H and O–H groups in total. The fourth-order valence-corrected chi connectivity index (χ4v) is 4.19. The molecule has 0 radical (unpaired) electrons. The number of aromatic nitrogens is 2. The second-order valence-electron chi connectivity index (χ2n) is 5.76. The van der Waals surface area contributed by atoms with Crippen LogP contribution in [-0.4, -0.2) is 21.9 Å². The number of anilines is 3. The lowest BCUT2D eigenvalue weighted by molar-refractivity contribution is -0.113. The van der Waals surface area contributed by atoms with E-state index in [2.05, 4.69) is 46.8 Å². The van der Waals surface area contributed by atoms with Crippen LogP contribution in [0, 0.1) is 13.8 Å². The first kappa shape index (κ1) is 19.9. The molecule has 140 valence electrons. The standard InChI is InChI=1S/C18H16Cl2N4OS2/c1-10-3-5-13(7-11(10)2)21-17-23-24-18(27-17)26-9-16(25)22-15-6-4-12(19)8-14(15)20/h3-8H,9H2,1-2H3,(H,21,23)(H,22,25). The van der Waals surface area contributed by atoms with Crippen LogP contribution >= 0.6 is 46.3 Å². The van der Waals surface area contributed by atoms with Crippen molar-refractivity contribution in [1.29, 1.82) is 0 Å². The van der Waals surface area contributed by atoms with Gasteiger partial charge in [0.1, 0.15) is 0 Å². The van der Waals surface area contributed by atoms with E-state index in [-0.39, 0.29) is 11.7 Å². The van der Waals surface area contributed by atoms with Gasteiger partial charge in [-0.2, -0.15) is 0 Å². The van der Waals surface area contributed by atoms with Gasteiger partial charge >= 0.3 is 0 Å². The average molecular weight is 439 g/mol. The lowest BCUT2D eigenvalue weighted by Gasteiger charge is -2.06. The van der Waals surface area contributed by atoms with E-state index < -0.39 is 0 Å². The van der Waals surface area contributed by atoms with Crippen LogP contribution in [0.2, 0.25) is 10.0 Å².